The quantitative estimate of drug-likeness (QED) is 0.785. The van der Waals surface area contributed by atoms with Crippen molar-refractivity contribution < 1.29 is 13.2 Å². The van der Waals surface area contributed by atoms with E-state index in [4.69, 9.17) is 0 Å². The molecular formula is C19H28N2O3S2. The summed E-state index contributed by atoms with van der Waals surface area (Å²) in [4.78, 5) is 15.0. The van der Waals surface area contributed by atoms with Crippen molar-refractivity contribution in [3.63, 3.8) is 0 Å². The predicted octanol–water partition coefficient (Wildman–Crippen LogP) is 2.91. The van der Waals surface area contributed by atoms with Crippen LogP contribution in [0.3, 0.4) is 0 Å². The van der Waals surface area contributed by atoms with Crippen LogP contribution in [0.4, 0.5) is 0 Å². The SMILES string of the molecule is Cc1c(C)c(C)c(S(=O)(=O)N2CSCC2C(=O)N(C)C2CC2)c(C)c1C. The van der Waals surface area contributed by atoms with Crippen LogP contribution in [0.25, 0.3) is 0 Å². The molecule has 2 aliphatic rings. The molecule has 2 fully saturated rings. The topological polar surface area (TPSA) is 57.7 Å². The predicted molar refractivity (Wildman–Crippen MR) is 106 cm³/mol. The Kier molecular flexibility index (Phi) is 5.18. The van der Waals surface area contributed by atoms with Gasteiger partial charge in [-0.15, -0.1) is 11.8 Å². The van der Waals surface area contributed by atoms with E-state index < -0.39 is 16.1 Å². The van der Waals surface area contributed by atoms with E-state index >= 15 is 0 Å². The molecule has 1 atom stereocenters. The monoisotopic (exact) mass is 396 g/mol. The highest BCUT2D eigenvalue weighted by atomic mass is 32.2. The van der Waals surface area contributed by atoms with Crippen LogP contribution in [0.15, 0.2) is 4.90 Å². The third-order valence-corrected chi connectivity index (χ3v) is 9.37. The Morgan fingerprint density at radius 1 is 1.00 bits per heavy atom. The van der Waals surface area contributed by atoms with Crippen molar-refractivity contribution in [3.8, 4) is 0 Å². The van der Waals surface area contributed by atoms with Crippen LogP contribution in [0.1, 0.15) is 40.7 Å². The van der Waals surface area contributed by atoms with E-state index in [1.54, 1.807) is 11.9 Å². The van der Waals surface area contributed by atoms with Crippen LogP contribution in [0, 0.1) is 34.6 Å². The molecule has 0 radical (unpaired) electrons. The molecule has 1 saturated carbocycles. The third-order valence-electron chi connectivity index (χ3n) is 6.07. The lowest BCUT2D eigenvalue weighted by atomic mass is 9.95. The van der Waals surface area contributed by atoms with Gasteiger partial charge < -0.3 is 4.90 Å². The Balaban J connectivity index is 2.04. The molecule has 7 heteroatoms. The molecule has 1 aliphatic carbocycles. The lowest BCUT2D eigenvalue weighted by Crippen LogP contribution is -2.48. The normalized spacial score (nSPS) is 21.2. The van der Waals surface area contributed by atoms with Crippen molar-refractivity contribution in [3.05, 3.63) is 27.8 Å². The van der Waals surface area contributed by atoms with Crippen LogP contribution in [0.2, 0.25) is 0 Å². The van der Waals surface area contributed by atoms with E-state index in [0.29, 0.717) is 16.5 Å². The molecule has 1 aromatic rings. The maximum Gasteiger partial charge on any atom is 0.245 e. The molecule has 5 nitrogen and oxygen atoms in total. The minimum Gasteiger partial charge on any atom is -0.341 e. The number of amides is 1. The van der Waals surface area contributed by atoms with Gasteiger partial charge in [-0.3, -0.25) is 4.79 Å². The van der Waals surface area contributed by atoms with E-state index in [9.17, 15) is 13.2 Å². The molecule has 1 aromatic carbocycles. The van der Waals surface area contributed by atoms with Crippen molar-refractivity contribution in [2.45, 2.75) is 64.4 Å². The third kappa shape index (κ3) is 3.08. The van der Waals surface area contributed by atoms with Crippen molar-refractivity contribution in [2.75, 3.05) is 18.7 Å². The molecule has 1 saturated heterocycles. The molecule has 1 aliphatic heterocycles. The molecule has 26 heavy (non-hydrogen) atoms. The summed E-state index contributed by atoms with van der Waals surface area (Å²) >= 11 is 1.51. The molecule has 144 valence electrons. The summed E-state index contributed by atoms with van der Waals surface area (Å²) in [5, 5.41) is 0. The number of likely N-dealkylation sites (N-methyl/N-ethyl adjacent to an activating group) is 1. The van der Waals surface area contributed by atoms with E-state index in [2.05, 4.69) is 0 Å². The van der Waals surface area contributed by atoms with Gasteiger partial charge in [-0.05, 0) is 75.3 Å². The minimum atomic E-state index is -3.73. The van der Waals surface area contributed by atoms with Crippen LogP contribution >= 0.6 is 11.8 Å². The number of carbonyl (C=O) groups is 1. The first kappa shape index (κ1) is 19.7. The number of carbonyl (C=O) groups excluding carboxylic acids is 1. The van der Waals surface area contributed by atoms with Gasteiger partial charge in [-0.2, -0.15) is 4.31 Å². The Labute approximate surface area is 161 Å². The van der Waals surface area contributed by atoms with Crippen LogP contribution in [-0.4, -0.2) is 54.3 Å². The summed E-state index contributed by atoms with van der Waals surface area (Å²) in [6, 6.07) is -0.318. The van der Waals surface area contributed by atoms with Crippen LogP contribution in [0.5, 0.6) is 0 Å². The van der Waals surface area contributed by atoms with Gasteiger partial charge in [0.25, 0.3) is 0 Å². The Hall–Kier alpha value is -1.05. The highest BCUT2D eigenvalue weighted by molar-refractivity contribution is 8.00. The molecule has 1 amide bonds. The number of thioether (sulfide) groups is 1. The van der Waals surface area contributed by atoms with Gasteiger partial charge in [0.2, 0.25) is 15.9 Å². The Morgan fingerprint density at radius 2 is 1.50 bits per heavy atom. The highest BCUT2D eigenvalue weighted by Crippen LogP contribution is 2.36. The van der Waals surface area contributed by atoms with Gasteiger partial charge in [0.1, 0.15) is 6.04 Å². The number of sulfonamides is 1. The number of benzene rings is 1. The molecule has 1 unspecified atom stereocenters. The fourth-order valence-corrected chi connectivity index (χ4v) is 7.40. The number of hydrogen-bond acceptors (Lipinski definition) is 4. The molecule has 3 rings (SSSR count). The number of rotatable bonds is 4. The smallest absolute Gasteiger partial charge is 0.245 e. The Morgan fingerprint density at radius 3 is 2.00 bits per heavy atom. The van der Waals surface area contributed by atoms with Gasteiger partial charge in [-0.1, -0.05) is 0 Å². The molecule has 0 spiro atoms. The first-order valence-corrected chi connectivity index (χ1v) is 11.6. The first-order chi connectivity index (χ1) is 12.1. The zero-order chi connectivity index (χ0) is 19.4. The standard InChI is InChI=1S/C19H28N2O3S2/c1-11-12(2)14(4)18(15(5)13(11)3)26(23,24)21-10-25-9-17(21)19(22)20(6)16-7-8-16/h16-17H,7-10H2,1-6H3. The van der Waals surface area contributed by atoms with Gasteiger partial charge in [0, 0.05) is 18.8 Å². The summed E-state index contributed by atoms with van der Waals surface area (Å²) in [7, 11) is -1.93. The van der Waals surface area contributed by atoms with E-state index in [1.165, 1.54) is 16.1 Å². The summed E-state index contributed by atoms with van der Waals surface area (Å²) in [5.74, 6) is 0.788. The second-order valence-electron chi connectivity index (χ2n) is 7.54. The molecule has 0 N–H and O–H groups in total. The van der Waals surface area contributed by atoms with Crippen LogP contribution in [-0.2, 0) is 14.8 Å². The zero-order valence-corrected chi connectivity index (χ0v) is 18.1. The molecular weight excluding hydrogens is 368 g/mol. The Bertz CT molecular complexity index is 831. The maximum atomic E-state index is 13.6. The molecule has 1 heterocycles. The minimum absolute atomic E-state index is 0.0723. The lowest BCUT2D eigenvalue weighted by Gasteiger charge is -2.29. The largest absolute Gasteiger partial charge is 0.341 e. The van der Waals surface area contributed by atoms with E-state index in [-0.39, 0.29) is 11.9 Å². The van der Waals surface area contributed by atoms with Crippen LogP contribution < -0.4 is 0 Å². The van der Waals surface area contributed by atoms with Crippen molar-refractivity contribution in [1.29, 1.82) is 0 Å². The van der Waals surface area contributed by atoms with Crippen molar-refractivity contribution >= 4 is 27.7 Å². The summed E-state index contributed by atoms with van der Waals surface area (Å²) in [6.07, 6.45) is 2.03. The fourth-order valence-electron chi connectivity index (χ4n) is 3.71. The maximum absolute atomic E-state index is 13.6. The second kappa shape index (κ2) is 6.84. The summed E-state index contributed by atoms with van der Waals surface area (Å²) in [6.45, 7) is 9.72. The highest BCUT2D eigenvalue weighted by Gasteiger charge is 2.44. The fraction of sp³-hybridized carbons (Fsp3) is 0.632. The first-order valence-electron chi connectivity index (χ1n) is 9.02. The number of nitrogens with zero attached hydrogens (tertiary/aromatic N) is 2. The average Bonchev–Trinajstić information content (AvgIpc) is 3.32. The van der Waals surface area contributed by atoms with Gasteiger partial charge in [0.05, 0.1) is 10.8 Å². The average molecular weight is 397 g/mol. The number of hydrogen-bond donors (Lipinski definition) is 0. The van der Waals surface area contributed by atoms with Crippen molar-refractivity contribution in [1.82, 2.24) is 9.21 Å². The van der Waals surface area contributed by atoms with E-state index in [0.717, 1.165) is 40.7 Å². The van der Waals surface area contributed by atoms with Gasteiger partial charge >= 0.3 is 0 Å². The second-order valence-corrected chi connectivity index (χ2v) is 10.4. The molecule has 0 bridgehead atoms. The molecule has 0 aromatic heterocycles. The van der Waals surface area contributed by atoms with Gasteiger partial charge in [-0.25, -0.2) is 8.42 Å². The zero-order valence-electron chi connectivity index (χ0n) is 16.4. The van der Waals surface area contributed by atoms with E-state index in [1.807, 2.05) is 34.6 Å². The van der Waals surface area contributed by atoms with Gasteiger partial charge in [0.15, 0.2) is 0 Å². The lowest BCUT2D eigenvalue weighted by molar-refractivity contribution is -0.133. The van der Waals surface area contributed by atoms with Crippen molar-refractivity contribution in [2.24, 2.45) is 0 Å². The summed E-state index contributed by atoms with van der Waals surface area (Å²) < 4.78 is 28.5. The summed E-state index contributed by atoms with van der Waals surface area (Å²) in [5.41, 5.74) is 4.75.